The molecule has 0 aliphatic carbocycles. The van der Waals surface area contributed by atoms with Crippen molar-refractivity contribution in [3.8, 4) is 0 Å². The minimum atomic E-state index is 0.261. The number of halogens is 1. The summed E-state index contributed by atoms with van der Waals surface area (Å²) in [5.74, 6) is 0.651. The number of alkyl halides is 1. The maximum Gasteiger partial charge on any atom is 0.00370 e. The van der Waals surface area contributed by atoms with Crippen molar-refractivity contribution >= 4 is 15.9 Å². The van der Waals surface area contributed by atoms with Crippen molar-refractivity contribution in [2.75, 3.05) is 5.33 Å². The van der Waals surface area contributed by atoms with E-state index < -0.39 is 0 Å². The Balaban J connectivity index is 2.81. The maximum absolute atomic E-state index is 3.49. The van der Waals surface area contributed by atoms with Crippen LogP contribution in [0.2, 0.25) is 0 Å². The molecule has 1 aromatic carbocycles. The highest BCUT2D eigenvalue weighted by Crippen LogP contribution is 2.25. The molecule has 1 unspecified atom stereocenters. The van der Waals surface area contributed by atoms with Gasteiger partial charge in [-0.15, -0.1) is 0 Å². The summed E-state index contributed by atoms with van der Waals surface area (Å²) in [4.78, 5) is 0. The van der Waals surface area contributed by atoms with Gasteiger partial charge in [0.05, 0.1) is 0 Å². The molecule has 15 heavy (non-hydrogen) atoms. The minimum absolute atomic E-state index is 0.261. The third-order valence-corrected chi connectivity index (χ3v) is 3.35. The van der Waals surface area contributed by atoms with Crippen LogP contribution in [0.1, 0.15) is 51.2 Å². The lowest BCUT2D eigenvalue weighted by Crippen LogP contribution is -2.10. The van der Waals surface area contributed by atoms with Crippen LogP contribution in [-0.2, 0) is 5.41 Å². The van der Waals surface area contributed by atoms with E-state index in [2.05, 4.69) is 67.9 Å². The molecule has 1 atom stereocenters. The Kier molecular flexibility index (Phi) is 4.39. The van der Waals surface area contributed by atoms with Gasteiger partial charge in [0.15, 0.2) is 0 Å². The normalized spacial score (nSPS) is 13.9. The van der Waals surface area contributed by atoms with Crippen LogP contribution in [0.3, 0.4) is 0 Å². The van der Waals surface area contributed by atoms with Gasteiger partial charge in [0, 0.05) is 5.33 Å². The molecule has 0 aliphatic rings. The van der Waals surface area contributed by atoms with Crippen molar-refractivity contribution in [2.24, 2.45) is 0 Å². The second-order valence-corrected chi connectivity index (χ2v) is 6.04. The summed E-state index contributed by atoms with van der Waals surface area (Å²) in [6.07, 6.45) is 1.20. The summed E-state index contributed by atoms with van der Waals surface area (Å²) in [5, 5.41) is 1.08. The van der Waals surface area contributed by atoms with Crippen molar-refractivity contribution in [3.05, 3.63) is 35.4 Å². The summed E-state index contributed by atoms with van der Waals surface area (Å²) >= 11 is 3.49. The zero-order valence-corrected chi connectivity index (χ0v) is 11.8. The lowest BCUT2D eigenvalue weighted by Gasteiger charge is -2.20. The summed E-state index contributed by atoms with van der Waals surface area (Å²) in [5.41, 5.74) is 3.12. The molecule has 0 aromatic heterocycles. The lowest BCUT2D eigenvalue weighted by atomic mass is 9.85. The number of hydrogen-bond acceptors (Lipinski definition) is 0. The highest BCUT2D eigenvalue weighted by molar-refractivity contribution is 9.09. The molecule has 0 amide bonds. The first-order valence-corrected chi connectivity index (χ1v) is 6.73. The maximum atomic E-state index is 3.49. The molecule has 0 spiro atoms. The molecule has 0 aliphatic heterocycles. The largest absolute Gasteiger partial charge is 0.0928 e. The van der Waals surface area contributed by atoms with Gasteiger partial charge in [-0.05, 0) is 28.9 Å². The third kappa shape index (κ3) is 3.64. The average molecular weight is 269 g/mol. The molecule has 0 fully saturated rings. The first-order valence-electron chi connectivity index (χ1n) is 5.61. The van der Waals surface area contributed by atoms with Crippen LogP contribution in [0.25, 0.3) is 0 Å². The second kappa shape index (κ2) is 5.16. The van der Waals surface area contributed by atoms with E-state index in [-0.39, 0.29) is 5.41 Å². The van der Waals surface area contributed by atoms with Crippen LogP contribution in [-0.4, -0.2) is 5.33 Å². The molecule has 0 heterocycles. The number of hydrogen-bond donors (Lipinski definition) is 0. The van der Waals surface area contributed by atoms with Gasteiger partial charge in [0.2, 0.25) is 0 Å². The molecule has 0 N–H and O–H groups in total. The Morgan fingerprint density at radius 2 is 1.67 bits per heavy atom. The summed E-state index contributed by atoms with van der Waals surface area (Å²) in [6, 6.07) is 9.07. The zero-order valence-electron chi connectivity index (χ0n) is 10.2. The lowest BCUT2D eigenvalue weighted by molar-refractivity contribution is 0.589. The smallest absolute Gasteiger partial charge is 0.00370 e. The van der Waals surface area contributed by atoms with Gasteiger partial charge >= 0.3 is 0 Å². The van der Waals surface area contributed by atoms with Gasteiger partial charge in [0.25, 0.3) is 0 Å². The van der Waals surface area contributed by atoms with Crippen LogP contribution in [0, 0.1) is 0 Å². The molecule has 1 rings (SSSR count). The summed E-state index contributed by atoms with van der Waals surface area (Å²) in [6.45, 7) is 9.05. The first kappa shape index (κ1) is 12.8. The monoisotopic (exact) mass is 268 g/mol. The van der Waals surface area contributed by atoms with E-state index in [9.17, 15) is 0 Å². The fraction of sp³-hybridized carbons (Fsp3) is 0.571. The van der Waals surface area contributed by atoms with Gasteiger partial charge in [-0.2, -0.15) is 0 Å². The summed E-state index contributed by atoms with van der Waals surface area (Å²) in [7, 11) is 0. The Labute approximate surface area is 102 Å². The fourth-order valence-corrected chi connectivity index (χ4v) is 2.33. The summed E-state index contributed by atoms with van der Waals surface area (Å²) < 4.78 is 0. The molecule has 0 saturated carbocycles. The highest BCUT2D eigenvalue weighted by Gasteiger charge is 2.13. The van der Waals surface area contributed by atoms with Crippen LogP contribution < -0.4 is 0 Å². The molecule has 0 radical (unpaired) electrons. The Bertz CT molecular complexity index is 292. The van der Waals surface area contributed by atoms with E-state index in [0.717, 1.165) is 5.33 Å². The SMILES string of the molecule is CC(CCBr)c1ccc(C(C)(C)C)cc1. The Morgan fingerprint density at radius 3 is 2.07 bits per heavy atom. The molecule has 84 valence electrons. The highest BCUT2D eigenvalue weighted by atomic mass is 79.9. The molecule has 1 aromatic rings. The molecule has 0 nitrogen and oxygen atoms in total. The predicted molar refractivity (Wildman–Crippen MR) is 72.0 cm³/mol. The third-order valence-electron chi connectivity index (χ3n) is 2.89. The van der Waals surface area contributed by atoms with Crippen molar-refractivity contribution in [1.29, 1.82) is 0 Å². The number of rotatable bonds is 3. The van der Waals surface area contributed by atoms with E-state index >= 15 is 0 Å². The van der Waals surface area contributed by atoms with Crippen LogP contribution in [0.4, 0.5) is 0 Å². The van der Waals surface area contributed by atoms with Crippen LogP contribution in [0.15, 0.2) is 24.3 Å². The van der Waals surface area contributed by atoms with E-state index in [1.807, 2.05) is 0 Å². The second-order valence-electron chi connectivity index (χ2n) is 5.25. The van der Waals surface area contributed by atoms with Crippen LogP contribution >= 0.6 is 15.9 Å². The fourth-order valence-electron chi connectivity index (χ4n) is 1.64. The van der Waals surface area contributed by atoms with Crippen molar-refractivity contribution in [2.45, 2.75) is 45.4 Å². The topological polar surface area (TPSA) is 0 Å². The zero-order chi connectivity index (χ0) is 11.5. The van der Waals surface area contributed by atoms with Crippen molar-refractivity contribution in [3.63, 3.8) is 0 Å². The van der Waals surface area contributed by atoms with E-state index in [4.69, 9.17) is 0 Å². The molecule has 1 heteroatoms. The molecule has 0 saturated heterocycles. The Hall–Kier alpha value is -0.300. The predicted octanol–water partition coefficient (Wildman–Crippen LogP) is 4.87. The van der Waals surface area contributed by atoms with Crippen molar-refractivity contribution in [1.82, 2.24) is 0 Å². The van der Waals surface area contributed by atoms with Gasteiger partial charge in [0.1, 0.15) is 0 Å². The minimum Gasteiger partial charge on any atom is -0.0928 e. The molecular weight excluding hydrogens is 248 g/mol. The molecule has 0 bridgehead atoms. The standard InChI is InChI=1S/C14H21Br/c1-11(9-10-15)12-5-7-13(8-6-12)14(2,3)4/h5-8,11H,9-10H2,1-4H3. The van der Waals surface area contributed by atoms with Crippen LogP contribution in [0.5, 0.6) is 0 Å². The molecular formula is C14H21Br. The average Bonchev–Trinajstić information content (AvgIpc) is 2.17. The van der Waals surface area contributed by atoms with Gasteiger partial charge in [-0.25, -0.2) is 0 Å². The van der Waals surface area contributed by atoms with Gasteiger partial charge in [-0.3, -0.25) is 0 Å². The van der Waals surface area contributed by atoms with E-state index in [1.54, 1.807) is 0 Å². The number of benzene rings is 1. The van der Waals surface area contributed by atoms with Gasteiger partial charge in [-0.1, -0.05) is 67.9 Å². The van der Waals surface area contributed by atoms with Crippen molar-refractivity contribution < 1.29 is 0 Å². The van der Waals surface area contributed by atoms with Gasteiger partial charge < -0.3 is 0 Å². The van der Waals surface area contributed by atoms with E-state index in [0.29, 0.717) is 5.92 Å². The Morgan fingerprint density at radius 1 is 1.13 bits per heavy atom. The first-order chi connectivity index (χ1) is 6.95. The van der Waals surface area contributed by atoms with E-state index in [1.165, 1.54) is 17.5 Å². The quantitative estimate of drug-likeness (QED) is 0.686.